The maximum atomic E-state index is 3.67. The second kappa shape index (κ2) is 6.21. The Bertz CT molecular complexity index is 394. The largest absolute Gasteiger partial charge is 0.312 e. The van der Waals surface area contributed by atoms with Gasteiger partial charge in [0.15, 0.2) is 0 Å². The fourth-order valence-corrected chi connectivity index (χ4v) is 3.32. The summed E-state index contributed by atoms with van der Waals surface area (Å²) in [5.41, 5.74) is 3.30. The predicted octanol–water partition coefficient (Wildman–Crippen LogP) is 4.82. The highest BCUT2D eigenvalue weighted by Gasteiger charge is 2.31. The van der Waals surface area contributed by atoms with Gasteiger partial charge < -0.3 is 5.32 Å². The lowest BCUT2D eigenvalue weighted by atomic mass is 9.83. The third kappa shape index (κ3) is 3.36. The average molecular weight is 310 g/mol. The molecule has 0 bridgehead atoms. The smallest absolute Gasteiger partial charge is 0.0205 e. The van der Waals surface area contributed by atoms with E-state index < -0.39 is 0 Å². The van der Waals surface area contributed by atoms with Crippen molar-refractivity contribution in [1.82, 2.24) is 5.32 Å². The molecule has 1 N–H and O–H groups in total. The molecule has 0 unspecified atom stereocenters. The number of hydrogen-bond acceptors (Lipinski definition) is 1. The van der Waals surface area contributed by atoms with Gasteiger partial charge in [-0.3, -0.25) is 0 Å². The summed E-state index contributed by atoms with van der Waals surface area (Å²) < 4.78 is 1.20. The molecule has 1 aromatic carbocycles. The van der Waals surface area contributed by atoms with E-state index in [1.54, 1.807) is 0 Å². The van der Waals surface area contributed by atoms with Crippen LogP contribution in [0, 0.1) is 12.3 Å². The topological polar surface area (TPSA) is 12.0 Å². The third-order valence-corrected chi connectivity index (χ3v) is 5.36. The Morgan fingerprint density at radius 2 is 2.00 bits per heavy atom. The molecule has 2 heteroatoms. The first-order chi connectivity index (χ1) is 8.65. The number of nitrogens with one attached hydrogen (secondary N) is 1. The highest BCUT2D eigenvalue weighted by molar-refractivity contribution is 9.10. The first-order valence-corrected chi connectivity index (χ1v) is 7.90. The molecule has 0 aliphatic heterocycles. The van der Waals surface area contributed by atoms with Gasteiger partial charge >= 0.3 is 0 Å². The van der Waals surface area contributed by atoms with Crippen molar-refractivity contribution in [2.45, 2.75) is 52.5 Å². The van der Waals surface area contributed by atoms with Crippen LogP contribution in [0.3, 0.4) is 0 Å². The molecule has 1 fully saturated rings. The van der Waals surface area contributed by atoms with Gasteiger partial charge in [-0.15, -0.1) is 0 Å². The lowest BCUT2D eigenvalue weighted by Gasteiger charge is -2.27. The molecule has 1 aromatic rings. The summed E-state index contributed by atoms with van der Waals surface area (Å²) in [7, 11) is 0. The molecule has 0 aromatic heterocycles. The maximum absolute atomic E-state index is 3.67. The summed E-state index contributed by atoms with van der Waals surface area (Å²) in [5.74, 6) is 0. The molecule has 100 valence electrons. The summed E-state index contributed by atoms with van der Waals surface area (Å²) in [5, 5.41) is 3.67. The molecule has 18 heavy (non-hydrogen) atoms. The molecule has 1 aliphatic rings. The molecular weight excluding hydrogens is 286 g/mol. The van der Waals surface area contributed by atoms with Gasteiger partial charge in [-0.2, -0.15) is 0 Å². The summed E-state index contributed by atoms with van der Waals surface area (Å²) in [6.07, 6.45) is 6.99. The zero-order valence-corrected chi connectivity index (χ0v) is 13.1. The Labute approximate surface area is 119 Å². The summed E-state index contributed by atoms with van der Waals surface area (Å²) in [4.78, 5) is 0. The molecule has 0 amide bonds. The summed E-state index contributed by atoms with van der Waals surface area (Å²) >= 11 is 3.55. The summed E-state index contributed by atoms with van der Waals surface area (Å²) in [6, 6.07) is 6.62. The Kier molecular flexibility index (Phi) is 4.85. The second-order valence-electron chi connectivity index (χ2n) is 5.75. The van der Waals surface area contributed by atoms with Crippen LogP contribution >= 0.6 is 15.9 Å². The number of hydrogen-bond donors (Lipinski definition) is 1. The van der Waals surface area contributed by atoms with Gasteiger partial charge in [0.25, 0.3) is 0 Å². The van der Waals surface area contributed by atoms with Crippen molar-refractivity contribution < 1.29 is 0 Å². The highest BCUT2D eigenvalue weighted by Crippen LogP contribution is 2.40. The molecule has 0 atom stereocenters. The molecule has 0 heterocycles. The molecular formula is C16H24BrN. The van der Waals surface area contributed by atoms with E-state index in [9.17, 15) is 0 Å². The quantitative estimate of drug-likeness (QED) is 0.822. The minimum Gasteiger partial charge on any atom is -0.312 e. The molecule has 2 rings (SSSR count). The van der Waals surface area contributed by atoms with Crippen molar-refractivity contribution in [3.05, 3.63) is 33.8 Å². The van der Waals surface area contributed by atoms with Crippen LogP contribution in [0.5, 0.6) is 0 Å². The predicted molar refractivity (Wildman–Crippen MR) is 81.8 cm³/mol. The Morgan fingerprint density at radius 1 is 1.28 bits per heavy atom. The first kappa shape index (κ1) is 14.1. The van der Waals surface area contributed by atoms with Crippen LogP contribution in [0.1, 0.15) is 50.2 Å². The normalized spacial score (nSPS) is 18.2. The number of aryl methyl sites for hydroxylation is 1. The Balaban J connectivity index is 1.86. The minimum absolute atomic E-state index is 0.588. The van der Waals surface area contributed by atoms with Crippen LogP contribution in [-0.2, 0) is 6.54 Å². The number of benzene rings is 1. The number of halogens is 1. The fraction of sp³-hybridized carbons (Fsp3) is 0.625. The van der Waals surface area contributed by atoms with E-state index in [0.717, 1.165) is 6.54 Å². The molecule has 0 radical (unpaired) electrons. The average Bonchev–Trinajstić information content (AvgIpc) is 2.83. The standard InChI is InChI=1S/C16H24BrN/c1-3-16(8-4-5-9-16)12-18-11-14-6-7-15(17)13(2)10-14/h6-7,10,18H,3-5,8-9,11-12H2,1-2H3. The van der Waals surface area contributed by atoms with Gasteiger partial charge in [0, 0.05) is 17.6 Å². The van der Waals surface area contributed by atoms with E-state index in [0.29, 0.717) is 5.41 Å². The second-order valence-corrected chi connectivity index (χ2v) is 6.60. The van der Waals surface area contributed by atoms with E-state index in [-0.39, 0.29) is 0 Å². The minimum atomic E-state index is 0.588. The Hall–Kier alpha value is -0.340. The SMILES string of the molecule is CCC1(CNCc2ccc(Br)c(C)c2)CCCC1. The lowest BCUT2D eigenvalue weighted by Crippen LogP contribution is -2.31. The van der Waals surface area contributed by atoms with Gasteiger partial charge in [0.1, 0.15) is 0 Å². The Morgan fingerprint density at radius 3 is 2.61 bits per heavy atom. The van der Waals surface area contributed by atoms with E-state index in [1.807, 2.05) is 0 Å². The van der Waals surface area contributed by atoms with Crippen molar-refractivity contribution in [1.29, 1.82) is 0 Å². The van der Waals surface area contributed by atoms with E-state index in [2.05, 4.69) is 53.3 Å². The molecule has 1 nitrogen and oxygen atoms in total. The van der Waals surface area contributed by atoms with Gasteiger partial charge in [-0.05, 0) is 48.8 Å². The molecule has 0 spiro atoms. The van der Waals surface area contributed by atoms with E-state index in [1.165, 1.54) is 54.2 Å². The first-order valence-electron chi connectivity index (χ1n) is 7.11. The molecule has 1 aliphatic carbocycles. The van der Waals surface area contributed by atoms with Crippen molar-refractivity contribution in [3.63, 3.8) is 0 Å². The molecule has 0 saturated heterocycles. The van der Waals surface area contributed by atoms with Gasteiger partial charge in [0.05, 0.1) is 0 Å². The van der Waals surface area contributed by atoms with Gasteiger partial charge in [-0.1, -0.05) is 47.8 Å². The van der Waals surface area contributed by atoms with Crippen LogP contribution in [-0.4, -0.2) is 6.54 Å². The third-order valence-electron chi connectivity index (χ3n) is 4.47. The van der Waals surface area contributed by atoms with Crippen molar-refractivity contribution >= 4 is 15.9 Å². The van der Waals surface area contributed by atoms with Crippen LogP contribution in [0.25, 0.3) is 0 Å². The van der Waals surface area contributed by atoms with Crippen LogP contribution in [0.15, 0.2) is 22.7 Å². The highest BCUT2D eigenvalue weighted by atomic mass is 79.9. The van der Waals surface area contributed by atoms with Gasteiger partial charge in [0.2, 0.25) is 0 Å². The van der Waals surface area contributed by atoms with Crippen molar-refractivity contribution in [2.24, 2.45) is 5.41 Å². The van der Waals surface area contributed by atoms with E-state index >= 15 is 0 Å². The van der Waals surface area contributed by atoms with Crippen LogP contribution < -0.4 is 5.32 Å². The van der Waals surface area contributed by atoms with Crippen LogP contribution in [0.2, 0.25) is 0 Å². The summed E-state index contributed by atoms with van der Waals surface area (Å²) in [6.45, 7) is 6.67. The maximum Gasteiger partial charge on any atom is 0.0205 e. The van der Waals surface area contributed by atoms with Gasteiger partial charge in [-0.25, -0.2) is 0 Å². The number of rotatable bonds is 5. The van der Waals surface area contributed by atoms with Crippen molar-refractivity contribution in [3.8, 4) is 0 Å². The van der Waals surface area contributed by atoms with Crippen LogP contribution in [0.4, 0.5) is 0 Å². The fourth-order valence-electron chi connectivity index (χ4n) is 3.07. The molecule has 1 saturated carbocycles. The zero-order chi connectivity index (χ0) is 13.0. The lowest BCUT2D eigenvalue weighted by molar-refractivity contribution is 0.268. The zero-order valence-electron chi connectivity index (χ0n) is 11.6. The monoisotopic (exact) mass is 309 g/mol. The van der Waals surface area contributed by atoms with Crippen molar-refractivity contribution in [2.75, 3.05) is 6.54 Å². The van der Waals surface area contributed by atoms with E-state index in [4.69, 9.17) is 0 Å².